The predicted molar refractivity (Wildman–Crippen MR) is 352 cm³/mol. The highest BCUT2D eigenvalue weighted by Gasteiger charge is 2.53. The molecule has 19 rings (SSSR count). The van der Waals surface area contributed by atoms with E-state index >= 15 is 0 Å². The van der Waals surface area contributed by atoms with E-state index in [1.807, 2.05) is 0 Å². The first-order chi connectivity index (χ1) is 41.4. The van der Waals surface area contributed by atoms with Crippen LogP contribution < -0.4 is 9.80 Å². The number of benzene rings is 11. The zero-order chi connectivity index (χ0) is 55.3. The number of rotatable bonds is 12. The summed E-state index contributed by atoms with van der Waals surface area (Å²) in [5, 5.41) is 5.22. The Morgan fingerprint density at radius 2 is 0.452 bits per heavy atom. The van der Waals surface area contributed by atoms with Gasteiger partial charge in [-0.1, -0.05) is 194 Å². The molecule has 0 saturated heterocycles. The molecule has 0 aliphatic heterocycles. The highest BCUT2D eigenvalue weighted by molar-refractivity contribution is 6.23. The highest BCUT2D eigenvalue weighted by Crippen LogP contribution is 2.64. The van der Waals surface area contributed by atoms with E-state index in [9.17, 15) is 0 Å². The molecule has 8 aliphatic rings. The van der Waals surface area contributed by atoms with Gasteiger partial charge in [-0.15, -0.1) is 0 Å². The zero-order valence-electron chi connectivity index (χ0n) is 48.1. The highest BCUT2D eigenvalue weighted by atomic mass is 15.2. The van der Waals surface area contributed by atoms with Gasteiger partial charge in [0.25, 0.3) is 0 Å². The maximum atomic E-state index is 2.74. The quantitative estimate of drug-likeness (QED) is 0.0889. The lowest BCUT2D eigenvalue weighted by Crippen LogP contribution is -2.48. The summed E-state index contributed by atoms with van der Waals surface area (Å²) in [5.41, 5.74) is 20.5. The fraction of sp³-hybridized carbons (Fsp3) is 0.244. The van der Waals surface area contributed by atoms with Crippen LogP contribution in [0.1, 0.15) is 88.2 Å². The molecule has 8 saturated carbocycles. The Morgan fingerprint density at radius 1 is 0.226 bits per heavy atom. The summed E-state index contributed by atoms with van der Waals surface area (Å²) < 4.78 is 0. The predicted octanol–water partition coefficient (Wildman–Crippen LogP) is 22.5. The fourth-order valence-electron chi connectivity index (χ4n) is 18.8. The van der Waals surface area contributed by atoms with Gasteiger partial charge in [0.2, 0.25) is 0 Å². The van der Waals surface area contributed by atoms with Gasteiger partial charge in [0.15, 0.2) is 0 Å². The Balaban J connectivity index is 0.963. The van der Waals surface area contributed by atoms with Crippen molar-refractivity contribution in [2.45, 2.75) is 87.9 Å². The van der Waals surface area contributed by atoms with Crippen LogP contribution in [0.2, 0.25) is 0 Å². The molecule has 0 aromatic heterocycles. The summed E-state index contributed by atoms with van der Waals surface area (Å²) in [5.74, 6) is 4.99. The summed E-state index contributed by atoms with van der Waals surface area (Å²) in [4.78, 5) is 5.30. The third-order valence-corrected chi connectivity index (χ3v) is 21.7. The molecular weight excluding hydrogens is 1010 g/mol. The molecule has 0 heterocycles. The normalized spacial score (nSPS) is 24.4. The molecule has 0 N–H and O–H groups in total. The molecule has 8 fully saturated rings. The van der Waals surface area contributed by atoms with Gasteiger partial charge in [-0.3, -0.25) is 0 Å². The molecule has 11 aromatic rings. The number of hydrogen-bond donors (Lipinski definition) is 0. The topological polar surface area (TPSA) is 6.48 Å². The number of anilines is 6. The van der Waals surface area contributed by atoms with Gasteiger partial charge in [-0.05, 0) is 240 Å². The van der Waals surface area contributed by atoms with E-state index < -0.39 is 0 Å². The first-order valence-corrected chi connectivity index (χ1v) is 31.7. The van der Waals surface area contributed by atoms with E-state index in [1.165, 1.54) is 154 Å². The van der Waals surface area contributed by atoms with Gasteiger partial charge in [-0.2, -0.15) is 0 Å². The van der Waals surface area contributed by atoms with Crippen molar-refractivity contribution in [3.63, 3.8) is 0 Å². The average molecular weight is 1090 g/mol. The SMILES string of the molecule is c1ccc(-c2ccc(N(c3ccc(-c4ccccc4)cc3)c3c4ccc(C56CC7CC(CC(C7)C5)C6)cc4c(N(c4ccc(-c5ccccc5)cc4)c4ccc(-c5ccccc5)cc4)c4ccc(C56CC7CC(CC(C7)C5)C6)cc34)cc2)cc1. The molecule has 84 heavy (non-hydrogen) atoms. The standard InChI is InChI=1S/C82H72N2/c1-5-13-61(14-6-1)65-21-31-71(32-22-65)83(72-33-23-66(24-34-72)62-15-7-2-8-16-62)79-75-39-29-70(82-52-58-44-59(53-82)46-60(45-58)54-82)48-78(75)80(76-40-30-69(47-77(76)79)81-49-55-41-56(50-81)43-57(42-55)51-81)84(73-35-25-67(26-36-73)63-17-9-3-10-18-63)74-37-27-68(28-38-74)64-19-11-4-12-20-64/h1-40,47-48,55-60H,41-46,49-54H2. The molecule has 11 aromatic carbocycles. The second-order valence-corrected chi connectivity index (χ2v) is 26.9. The smallest absolute Gasteiger partial charge is 0.0620 e. The van der Waals surface area contributed by atoms with E-state index in [-0.39, 0.29) is 10.8 Å². The lowest BCUT2D eigenvalue weighted by atomic mass is 9.48. The molecule has 2 nitrogen and oxygen atoms in total. The van der Waals surface area contributed by atoms with Crippen LogP contribution >= 0.6 is 0 Å². The van der Waals surface area contributed by atoms with Crippen LogP contribution in [0.3, 0.4) is 0 Å². The summed E-state index contributed by atoms with van der Waals surface area (Å²) >= 11 is 0. The first-order valence-electron chi connectivity index (χ1n) is 31.7. The van der Waals surface area contributed by atoms with E-state index in [4.69, 9.17) is 0 Å². The van der Waals surface area contributed by atoms with Crippen LogP contribution in [0.25, 0.3) is 66.1 Å². The van der Waals surface area contributed by atoms with Crippen LogP contribution in [0.4, 0.5) is 34.1 Å². The molecule has 0 atom stereocenters. The lowest BCUT2D eigenvalue weighted by Gasteiger charge is -2.57. The summed E-state index contributed by atoms with van der Waals surface area (Å²) in [6.07, 6.45) is 16.4. The molecule has 410 valence electrons. The van der Waals surface area contributed by atoms with E-state index in [0.717, 1.165) is 58.3 Å². The molecule has 8 aliphatic carbocycles. The number of hydrogen-bond acceptors (Lipinski definition) is 2. The Kier molecular flexibility index (Phi) is 12.0. The maximum Gasteiger partial charge on any atom is 0.0620 e. The molecule has 0 spiro atoms. The second-order valence-electron chi connectivity index (χ2n) is 26.9. The third-order valence-electron chi connectivity index (χ3n) is 21.7. The van der Waals surface area contributed by atoms with Gasteiger partial charge < -0.3 is 9.80 Å². The molecule has 0 radical (unpaired) electrons. The maximum absolute atomic E-state index is 2.74. The molecular formula is C82H72N2. The van der Waals surface area contributed by atoms with E-state index in [2.05, 4.69) is 265 Å². The Hall–Kier alpha value is -8.46. The first kappa shape index (κ1) is 50.1. The lowest BCUT2D eigenvalue weighted by molar-refractivity contribution is -0.00525. The monoisotopic (exact) mass is 1080 g/mol. The second kappa shape index (κ2) is 20.1. The van der Waals surface area contributed by atoms with Crippen molar-refractivity contribution in [2.75, 3.05) is 9.80 Å². The van der Waals surface area contributed by atoms with Crippen molar-refractivity contribution in [3.8, 4) is 44.5 Å². The van der Waals surface area contributed by atoms with Crippen molar-refractivity contribution < 1.29 is 0 Å². The minimum Gasteiger partial charge on any atom is -0.309 e. The van der Waals surface area contributed by atoms with E-state index in [0.29, 0.717) is 0 Å². The van der Waals surface area contributed by atoms with Crippen LogP contribution in [0.5, 0.6) is 0 Å². The largest absolute Gasteiger partial charge is 0.309 e. The Morgan fingerprint density at radius 3 is 0.690 bits per heavy atom. The molecule has 8 bridgehead atoms. The Labute approximate surface area is 496 Å². The van der Waals surface area contributed by atoms with Gasteiger partial charge in [0.1, 0.15) is 0 Å². The minimum atomic E-state index is 0.192. The van der Waals surface area contributed by atoms with Crippen LogP contribution in [0, 0.1) is 35.5 Å². The number of fused-ring (bicyclic) bond motifs is 2. The third kappa shape index (κ3) is 8.65. The average Bonchev–Trinajstić information content (AvgIpc) is 2.37. The molecule has 0 amide bonds. The summed E-state index contributed by atoms with van der Waals surface area (Å²) in [6.45, 7) is 0. The van der Waals surface area contributed by atoms with Gasteiger partial charge in [0, 0.05) is 44.3 Å². The van der Waals surface area contributed by atoms with Crippen molar-refractivity contribution in [1.29, 1.82) is 0 Å². The van der Waals surface area contributed by atoms with Crippen molar-refractivity contribution >= 4 is 55.7 Å². The van der Waals surface area contributed by atoms with Gasteiger partial charge >= 0.3 is 0 Å². The van der Waals surface area contributed by atoms with Crippen molar-refractivity contribution in [2.24, 2.45) is 35.5 Å². The minimum absolute atomic E-state index is 0.192. The number of nitrogens with zero attached hydrogens (tertiary/aromatic N) is 2. The molecule has 2 heteroatoms. The van der Waals surface area contributed by atoms with Crippen molar-refractivity contribution in [3.05, 3.63) is 266 Å². The molecule has 0 unspecified atom stereocenters. The zero-order valence-corrected chi connectivity index (χ0v) is 48.1. The Bertz CT molecular complexity index is 3690. The van der Waals surface area contributed by atoms with Crippen LogP contribution in [-0.4, -0.2) is 0 Å². The van der Waals surface area contributed by atoms with Crippen molar-refractivity contribution in [1.82, 2.24) is 0 Å². The summed E-state index contributed by atoms with van der Waals surface area (Å²) in [6, 6.07) is 97.4. The fourth-order valence-corrected chi connectivity index (χ4v) is 18.8. The van der Waals surface area contributed by atoms with E-state index in [1.54, 1.807) is 11.1 Å². The van der Waals surface area contributed by atoms with Gasteiger partial charge in [0.05, 0.1) is 11.4 Å². The van der Waals surface area contributed by atoms with Gasteiger partial charge in [-0.25, -0.2) is 0 Å². The van der Waals surface area contributed by atoms with Crippen LogP contribution in [-0.2, 0) is 10.8 Å². The summed E-state index contributed by atoms with van der Waals surface area (Å²) in [7, 11) is 0. The van der Waals surface area contributed by atoms with Crippen LogP contribution in [0.15, 0.2) is 255 Å².